The molecular weight excluding hydrogens is 483 g/mol. The van der Waals surface area contributed by atoms with Gasteiger partial charge in [-0.1, -0.05) is 11.6 Å². The van der Waals surface area contributed by atoms with Crippen molar-refractivity contribution in [1.29, 1.82) is 0 Å². The van der Waals surface area contributed by atoms with E-state index in [0.29, 0.717) is 54.3 Å². The number of amides is 1. The lowest BCUT2D eigenvalue weighted by Crippen LogP contribution is -2.43. The number of rotatable bonds is 4. The summed E-state index contributed by atoms with van der Waals surface area (Å²) in [5, 5.41) is 11.2. The Morgan fingerprint density at radius 1 is 1.23 bits per heavy atom. The SMILES string of the molecule is CN(c1cc(C(F)(F)F)nc2ccc(Cl)cc12)[C@H]1CC[C@@H](NC(=O)c2n[nH]c3c2COCC3)CC1. The smallest absolute Gasteiger partial charge is 0.376 e. The van der Waals surface area contributed by atoms with Crippen LogP contribution in [0.1, 0.15) is 53.1 Å². The second-order valence-corrected chi connectivity index (χ2v) is 9.54. The Bertz CT molecular complexity index is 1250. The first-order valence-corrected chi connectivity index (χ1v) is 11.9. The van der Waals surface area contributed by atoms with Gasteiger partial charge in [0.2, 0.25) is 0 Å². The monoisotopic (exact) mass is 507 g/mol. The van der Waals surface area contributed by atoms with E-state index in [-0.39, 0.29) is 23.5 Å². The fourth-order valence-corrected chi connectivity index (χ4v) is 5.15. The molecule has 11 heteroatoms. The van der Waals surface area contributed by atoms with E-state index in [9.17, 15) is 18.0 Å². The number of hydrogen-bond acceptors (Lipinski definition) is 5. The molecule has 0 saturated heterocycles. The van der Waals surface area contributed by atoms with Crippen LogP contribution in [-0.2, 0) is 23.9 Å². The van der Waals surface area contributed by atoms with Gasteiger partial charge < -0.3 is 15.0 Å². The number of anilines is 1. The van der Waals surface area contributed by atoms with E-state index >= 15 is 0 Å². The molecule has 1 amide bonds. The maximum atomic E-state index is 13.5. The summed E-state index contributed by atoms with van der Waals surface area (Å²) in [4.78, 5) is 18.5. The molecule has 0 bridgehead atoms. The number of H-pyrrole nitrogens is 1. The number of halogens is 4. The zero-order valence-corrected chi connectivity index (χ0v) is 19.8. The van der Waals surface area contributed by atoms with Gasteiger partial charge in [0.15, 0.2) is 5.69 Å². The zero-order chi connectivity index (χ0) is 24.7. The lowest BCUT2D eigenvalue weighted by Gasteiger charge is -2.37. The van der Waals surface area contributed by atoms with E-state index in [2.05, 4.69) is 20.5 Å². The van der Waals surface area contributed by atoms with E-state index in [0.717, 1.165) is 30.2 Å². The Balaban J connectivity index is 1.29. The van der Waals surface area contributed by atoms with Gasteiger partial charge in [0.25, 0.3) is 5.91 Å². The molecular formula is C24H25ClF3N5O2. The third kappa shape index (κ3) is 4.81. The van der Waals surface area contributed by atoms with Gasteiger partial charge in [0, 0.05) is 52.9 Å². The first kappa shape index (κ1) is 23.9. The summed E-state index contributed by atoms with van der Waals surface area (Å²) in [7, 11) is 1.80. The van der Waals surface area contributed by atoms with Crippen LogP contribution in [0.2, 0.25) is 5.02 Å². The van der Waals surface area contributed by atoms with Crippen LogP contribution in [0.5, 0.6) is 0 Å². The van der Waals surface area contributed by atoms with Crippen molar-refractivity contribution in [2.24, 2.45) is 0 Å². The first-order valence-electron chi connectivity index (χ1n) is 11.6. The third-order valence-corrected chi connectivity index (χ3v) is 7.14. The summed E-state index contributed by atoms with van der Waals surface area (Å²) >= 11 is 6.14. The van der Waals surface area contributed by atoms with Gasteiger partial charge in [-0.25, -0.2) is 4.98 Å². The van der Waals surface area contributed by atoms with Gasteiger partial charge in [-0.15, -0.1) is 0 Å². The molecule has 35 heavy (non-hydrogen) atoms. The quantitative estimate of drug-likeness (QED) is 0.526. The van der Waals surface area contributed by atoms with Crippen LogP contribution >= 0.6 is 11.6 Å². The molecule has 0 atom stereocenters. The molecule has 3 aromatic rings. The highest BCUT2D eigenvalue weighted by Crippen LogP contribution is 2.37. The zero-order valence-electron chi connectivity index (χ0n) is 19.1. The summed E-state index contributed by atoms with van der Waals surface area (Å²) in [5.41, 5.74) is 1.89. The maximum absolute atomic E-state index is 13.5. The minimum absolute atomic E-state index is 0.0142. The van der Waals surface area contributed by atoms with E-state index in [1.165, 1.54) is 12.1 Å². The van der Waals surface area contributed by atoms with Crippen molar-refractivity contribution >= 4 is 34.1 Å². The minimum atomic E-state index is -4.55. The standard InChI is InChI=1S/C24H25ClF3N5O2/c1-33(20-11-21(24(26,27)28)30-18-7-2-13(25)10-16(18)20)15-5-3-14(4-6-15)29-23(34)22-17-12-35-9-8-19(17)31-32-22/h2,7,10-11,14-15H,3-6,8-9,12H2,1H3,(H,29,34)(H,31,32)/t14-,15+. The molecule has 1 aromatic carbocycles. The van der Waals surface area contributed by atoms with Crippen molar-refractivity contribution in [1.82, 2.24) is 20.5 Å². The Hall–Kier alpha value is -2.85. The molecule has 7 nitrogen and oxygen atoms in total. The second-order valence-electron chi connectivity index (χ2n) is 9.11. The van der Waals surface area contributed by atoms with Crippen molar-refractivity contribution in [3.8, 4) is 0 Å². The molecule has 3 heterocycles. The van der Waals surface area contributed by atoms with Crippen LogP contribution in [0.4, 0.5) is 18.9 Å². The first-order chi connectivity index (χ1) is 16.7. The van der Waals surface area contributed by atoms with Crippen LogP contribution in [-0.4, -0.2) is 46.8 Å². The Labute approximate surface area is 205 Å². The van der Waals surface area contributed by atoms with Crippen molar-refractivity contribution in [3.63, 3.8) is 0 Å². The average molecular weight is 508 g/mol. The van der Waals surface area contributed by atoms with Gasteiger partial charge >= 0.3 is 6.18 Å². The summed E-state index contributed by atoms with van der Waals surface area (Å²) in [5.74, 6) is -0.227. The fourth-order valence-electron chi connectivity index (χ4n) is 4.97. The number of nitrogens with one attached hydrogen (secondary N) is 2. The molecule has 0 unspecified atom stereocenters. The molecule has 2 aliphatic rings. The molecule has 2 aromatic heterocycles. The largest absolute Gasteiger partial charge is 0.433 e. The number of carbonyl (C=O) groups is 1. The number of nitrogens with zero attached hydrogens (tertiary/aromatic N) is 3. The Kier molecular flexibility index (Phi) is 6.35. The predicted molar refractivity (Wildman–Crippen MR) is 126 cm³/mol. The summed E-state index contributed by atoms with van der Waals surface area (Å²) in [6.07, 6.45) is -0.997. The topological polar surface area (TPSA) is 83.1 Å². The molecule has 0 radical (unpaired) electrons. The van der Waals surface area contributed by atoms with E-state index in [1.807, 2.05) is 4.90 Å². The van der Waals surface area contributed by atoms with Crippen LogP contribution < -0.4 is 10.2 Å². The number of aromatic amines is 1. The number of hydrogen-bond donors (Lipinski definition) is 2. The van der Waals surface area contributed by atoms with Gasteiger partial charge in [0.05, 0.1) is 18.7 Å². The molecule has 2 N–H and O–H groups in total. The molecule has 186 valence electrons. The number of benzene rings is 1. The van der Waals surface area contributed by atoms with Crippen molar-refractivity contribution in [3.05, 3.63) is 51.9 Å². The number of pyridine rings is 1. The highest BCUT2D eigenvalue weighted by Gasteiger charge is 2.35. The summed E-state index contributed by atoms with van der Waals surface area (Å²) in [6, 6.07) is 5.77. The lowest BCUT2D eigenvalue weighted by atomic mass is 9.89. The normalized spacial score (nSPS) is 20.5. The molecule has 1 fully saturated rings. The maximum Gasteiger partial charge on any atom is 0.433 e. The molecule has 1 aliphatic carbocycles. The van der Waals surface area contributed by atoms with E-state index in [4.69, 9.17) is 16.3 Å². The van der Waals surface area contributed by atoms with Crippen LogP contribution in [0.25, 0.3) is 10.9 Å². The van der Waals surface area contributed by atoms with Crippen molar-refractivity contribution in [2.75, 3.05) is 18.6 Å². The second kappa shape index (κ2) is 9.31. The molecule has 0 spiro atoms. The van der Waals surface area contributed by atoms with Gasteiger partial charge in [-0.05, 0) is 49.9 Å². The average Bonchev–Trinajstić information content (AvgIpc) is 3.27. The van der Waals surface area contributed by atoms with Crippen molar-refractivity contribution in [2.45, 2.75) is 57.0 Å². The van der Waals surface area contributed by atoms with Crippen LogP contribution in [0.3, 0.4) is 0 Å². The number of carbonyl (C=O) groups excluding carboxylic acids is 1. The van der Waals surface area contributed by atoms with E-state index < -0.39 is 11.9 Å². The Morgan fingerprint density at radius 2 is 2.00 bits per heavy atom. The number of aromatic nitrogens is 3. The fraction of sp³-hybridized carbons (Fsp3) is 0.458. The summed E-state index contributed by atoms with van der Waals surface area (Å²) in [6.45, 7) is 0.979. The highest BCUT2D eigenvalue weighted by molar-refractivity contribution is 6.31. The van der Waals surface area contributed by atoms with Gasteiger partial charge in [-0.2, -0.15) is 18.3 Å². The van der Waals surface area contributed by atoms with Gasteiger partial charge in [0.1, 0.15) is 5.69 Å². The molecule has 1 aliphatic heterocycles. The van der Waals surface area contributed by atoms with E-state index in [1.54, 1.807) is 13.1 Å². The van der Waals surface area contributed by atoms with Crippen LogP contribution in [0, 0.1) is 0 Å². The number of ether oxygens (including phenoxy) is 1. The molecule has 1 saturated carbocycles. The lowest BCUT2D eigenvalue weighted by molar-refractivity contribution is -0.140. The minimum Gasteiger partial charge on any atom is -0.376 e. The van der Waals surface area contributed by atoms with Gasteiger partial charge in [-0.3, -0.25) is 9.89 Å². The number of fused-ring (bicyclic) bond motifs is 2. The highest BCUT2D eigenvalue weighted by atomic mass is 35.5. The number of alkyl halides is 3. The summed E-state index contributed by atoms with van der Waals surface area (Å²) < 4.78 is 46.0. The Morgan fingerprint density at radius 3 is 2.74 bits per heavy atom. The third-order valence-electron chi connectivity index (χ3n) is 6.91. The molecule has 5 rings (SSSR count). The predicted octanol–water partition coefficient (Wildman–Crippen LogP) is 4.88. The van der Waals surface area contributed by atoms with Crippen LogP contribution in [0.15, 0.2) is 24.3 Å². The van der Waals surface area contributed by atoms with Crippen molar-refractivity contribution < 1.29 is 22.7 Å².